The number of rotatable bonds is 6. The molecule has 0 saturated heterocycles. The molecule has 34 heavy (non-hydrogen) atoms. The van der Waals surface area contributed by atoms with E-state index in [1.54, 1.807) is 30.3 Å². The Balaban J connectivity index is 1.33. The number of nitrogens with zero attached hydrogens (tertiary/aromatic N) is 3. The lowest BCUT2D eigenvalue weighted by molar-refractivity contribution is -0.148. The summed E-state index contributed by atoms with van der Waals surface area (Å²) in [6, 6.07) is 9.76. The topological polar surface area (TPSA) is 101 Å². The van der Waals surface area contributed by atoms with Gasteiger partial charge in [-0.1, -0.05) is 12.1 Å². The minimum atomic E-state index is -1.50. The van der Waals surface area contributed by atoms with Crippen LogP contribution in [0.15, 0.2) is 48.8 Å². The fourth-order valence-electron chi connectivity index (χ4n) is 3.93. The molecular weight excluding hydrogens is 442 g/mol. The number of ether oxygens (including phenoxy) is 1. The first kappa shape index (κ1) is 21.9. The molecule has 1 aliphatic rings. The smallest absolute Gasteiger partial charge is 0.306 e. The van der Waals surface area contributed by atoms with Crippen LogP contribution < -0.4 is 4.74 Å². The second-order valence-corrected chi connectivity index (χ2v) is 8.97. The van der Waals surface area contributed by atoms with Gasteiger partial charge in [0.05, 0.1) is 40.6 Å². The number of carbonyl (C=O) groups is 1. The summed E-state index contributed by atoms with van der Waals surface area (Å²) in [4.78, 5) is 26.9. The average molecular weight is 464 g/mol. The van der Waals surface area contributed by atoms with Crippen LogP contribution in [-0.2, 0) is 10.5 Å². The zero-order chi connectivity index (χ0) is 24.0. The first-order valence-electron chi connectivity index (χ1n) is 10.9. The van der Waals surface area contributed by atoms with E-state index in [9.17, 15) is 13.6 Å². The number of aromatic nitrogens is 4. The van der Waals surface area contributed by atoms with Crippen molar-refractivity contribution in [1.82, 2.24) is 19.9 Å². The van der Waals surface area contributed by atoms with Crippen LogP contribution in [0.3, 0.4) is 0 Å². The summed E-state index contributed by atoms with van der Waals surface area (Å²) in [5.74, 6) is -1.03. The molecule has 0 radical (unpaired) electrons. The predicted molar refractivity (Wildman–Crippen MR) is 121 cm³/mol. The highest BCUT2D eigenvalue weighted by Gasteiger charge is 2.36. The molecule has 7 nitrogen and oxygen atoms in total. The van der Waals surface area contributed by atoms with Crippen molar-refractivity contribution in [2.24, 2.45) is 5.92 Å². The summed E-state index contributed by atoms with van der Waals surface area (Å²) < 4.78 is 34.9. The van der Waals surface area contributed by atoms with Gasteiger partial charge >= 0.3 is 5.97 Å². The predicted octanol–water partition coefficient (Wildman–Crippen LogP) is 5.27. The van der Waals surface area contributed by atoms with Gasteiger partial charge in [-0.2, -0.15) is 0 Å². The second kappa shape index (κ2) is 8.16. The van der Waals surface area contributed by atoms with Crippen molar-refractivity contribution in [3.8, 4) is 28.5 Å². The third-order valence-corrected chi connectivity index (χ3v) is 6.05. The molecule has 5 rings (SSSR count). The van der Waals surface area contributed by atoms with Gasteiger partial charge in [-0.05, 0) is 56.5 Å². The number of imidazole rings is 1. The van der Waals surface area contributed by atoms with Crippen LogP contribution in [0.5, 0.6) is 5.88 Å². The number of carboxylic acids is 1. The van der Waals surface area contributed by atoms with Gasteiger partial charge in [-0.25, -0.2) is 23.7 Å². The molecule has 2 aromatic heterocycles. The van der Waals surface area contributed by atoms with Gasteiger partial charge in [0.2, 0.25) is 5.88 Å². The summed E-state index contributed by atoms with van der Waals surface area (Å²) in [6.07, 6.45) is 3.63. The quantitative estimate of drug-likeness (QED) is 0.403. The summed E-state index contributed by atoms with van der Waals surface area (Å²) in [5.41, 5.74) is 1.53. The van der Waals surface area contributed by atoms with E-state index in [-0.39, 0.29) is 17.6 Å². The normalized spacial score (nSPS) is 18.0. The zero-order valence-electron chi connectivity index (χ0n) is 18.5. The van der Waals surface area contributed by atoms with Gasteiger partial charge in [0.15, 0.2) is 0 Å². The molecule has 1 aliphatic carbocycles. The molecule has 0 aliphatic heterocycles. The first-order chi connectivity index (χ1) is 16.2. The fourth-order valence-corrected chi connectivity index (χ4v) is 3.93. The molecule has 2 heterocycles. The zero-order valence-corrected chi connectivity index (χ0v) is 18.5. The lowest BCUT2D eigenvalue weighted by Gasteiger charge is -2.31. The highest BCUT2D eigenvalue weighted by molar-refractivity contribution is 5.80. The molecule has 0 spiro atoms. The summed E-state index contributed by atoms with van der Waals surface area (Å²) in [6.45, 7) is 2.95. The highest BCUT2D eigenvalue weighted by atomic mass is 19.1. The maximum atomic E-state index is 15.0. The van der Waals surface area contributed by atoms with Crippen LogP contribution >= 0.6 is 0 Å². The average Bonchev–Trinajstić information content (AvgIpc) is 3.18. The summed E-state index contributed by atoms with van der Waals surface area (Å²) in [7, 11) is 0. The van der Waals surface area contributed by atoms with Crippen molar-refractivity contribution in [3.63, 3.8) is 0 Å². The molecule has 1 saturated carbocycles. The minimum Gasteiger partial charge on any atom is -0.481 e. The molecule has 9 heteroatoms. The number of alkyl halides is 1. The summed E-state index contributed by atoms with van der Waals surface area (Å²) in [5, 5.41) is 8.94. The maximum Gasteiger partial charge on any atom is 0.306 e. The molecule has 4 aromatic rings. The van der Waals surface area contributed by atoms with E-state index in [0.717, 1.165) is 0 Å². The second-order valence-electron chi connectivity index (χ2n) is 8.97. The first-order valence-corrected chi connectivity index (χ1v) is 10.9. The van der Waals surface area contributed by atoms with Crippen molar-refractivity contribution >= 4 is 17.0 Å². The highest BCUT2D eigenvalue weighted by Crippen LogP contribution is 2.32. The Morgan fingerprint density at radius 3 is 2.59 bits per heavy atom. The van der Waals surface area contributed by atoms with Crippen LogP contribution in [0.2, 0.25) is 0 Å². The van der Waals surface area contributed by atoms with E-state index < -0.39 is 17.5 Å². The summed E-state index contributed by atoms with van der Waals surface area (Å²) >= 11 is 0. The van der Waals surface area contributed by atoms with Crippen molar-refractivity contribution < 1.29 is 23.4 Å². The molecule has 1 fully saturated rings. The Kier molecular flexibility index (Phi) is 5.27. The lowest BCUT2D eigenvalue weighted by atomic mass is 9.82. The molecule has 0 amide bonds. The Bertz CT molecular complexity index is 1370. The number of H-pyrrole nitrogens is 1. The third kappa shape index (κ3) is 4.21. The van der Waals surface area contributed by atoms with Crippen molar-refractivity contribution in [1.29, 1.82) is 0 Å². The van der Waals surface area contributed by atoms with Gasteiger partial charge in [0, 0.05) is 5.56 Å². The number of hydrogen-bond acceptors (Lipinski definition) is 5. The molecule has 2 N–H and O–H groups in total. The number of hydrogen-bond donors (Lipinski definition) is 2. The molecule has 174 valence electrons. The fraction of sp³-hybridized carbons (Fsp3) is 0.280. The number of aromatic amines is 1. The SMILES string of the molecule is CC(C)(F)c1ccc2[nH]c(-c3ccc(-c4cnc(O[C@H]5C[C@@H](C(=O)O)C5)cn4)cc3F)nc2c1. The molecular formula is C25H22F2N4O3. The Hall–Kier alpha value is -3.88. The number of halogens is 2. The van der Waals surface area contributed by atoms with Crippen molar-refractivity contribution in [3.05, 3.63) is 60.2 Å². The standard InChI is InChI=1S/C25H22F2N4O3/c1-25(2,27)15-4-6-19-20(10-15)31-23(30-19)17-5-3-13(9-18(17)26)21-11-29-22(12-28-21)34-16-7-14(8-16)24(32)33/h3-6,9-12,14,16H,7-8H2,1-2H3,(H,30,31)(H,32,33)/t14-,16+. The van der Waals surface area contributed by atoms with E-state index in [1.165, 1.54) is 32.3 Å². The number of carboxylic acid groups (broad SMARTS) is 1. The minimum absolute atomic E-state index is 0.186. The van der Waals surface area contributed by atoms with Crippen LogP contribution in [0.1, 0.15) is 32.3 Å². The van der Waals surface area contributed by atoms with Crippen LogP contribution in [0.4, 0.5) is 8.78 Å². The van der Waals surface area contributed by atoms with Gasteiger partial charge in [0.25, 0.3) is 0 Å². The number of nitrogens with one attached hydrogen (secondary N) is 1. The number of benzene rings is 2. The van der Waals surface area contributed by atoms with E-state index in [2.05, 4.69) is 19.9 Å². The monoisotopic (exact) mass is 464 g/mol. The maximum absolute atomic E-state index is 15.0. The largest absolute Gasteiger partial charge is 0.481 e. The lowest BCUT2D eigenvalue weighted by Crippen LogP contribution is -2.38. The van der Waals surface area contributed by atoms with Crippen molar-refractivity contribution in [2.75, 3.05) is 0 Å². The van der Waals surface area contributed by atoms with Gasteiger partial charge in [-0.15, -0.1) is 0 Å². The molecule has 2 aromatic carbocycles. The Morgan fingerprint density at radius 2 is 1.94 bits per heavy atom. The van der Waals surface area contributed by atoms with E-state index >= 15 is 0 Å². The molecule has 0 bridgehead atoms. The van der Waals surface area contributed by atoms with Gasteiger partial charge in [-0.3, -0.25) is 4.79 Å². The Labute approximate surface area is 193 Å². The third-order valence-electron chi connectivity index (χ3n) is 6.05. The van der Waals surface area contributed by atoms with Gasteiger partial charge in [0.1, 0.15) is 23.4 Å². The van der Waals surface area contributed by atoms with Crippen LogP contribution in [0.25, 0.3) is 33.7 Å². The van der Waals surface area contributed by atoms with Gasteiger partial charge < -0.3 is 14.8 Å². The van der Waals surface area contributed by atoms with E-state index in [1.807, 2.05) is 0 Å². The number of aliphatic carboxylic acids is 1. The Morgan fingerprint density at radius 1 is 1.15 bits per heavy atom. The number of fused-ring (bicyclic) bond motifs is 1. The molecule has 0 atom stereocenters. The van der Waals surface area contributed by atoms with Crippen molar-refractivity contribution in [2.45, 2.75) is 38.5 Å². The van der Waals surface area contributed by atoms with Crippen LogP contribution in [-0.4, -0.2) is 37.1 Å². The van der Waals surface area contributed by atoms with Crippen LogP contribution in [0, 0.1) is 11.7 Å². The van der Waals surface area contributed by atoms with E-state index in [4.69, 9.17) is 9.84 Å². The molecule has 0 unspecified atom stereocenters. The van der Waals surface area contributed by atoms with E-state index in [0.29, 0.717) is 52.4 Å².